The molecule has 82 valence electrons. The topological polar surface area (TPSA) is 21.3 Å². The van der Waals surface area contributed by atoms with Gasteiger partial charge in [-0.25, -0.2) is 4.39 Å². The van der Waals surface area contributed by atoms with Crippen LogP contribution in [0.1, 0.15) is 24.3 Å². The largest absolute Gasteiger partial charge is 0.497 e. The Hall–Kier alpha value is -1.09. The summed E-state index contributed by atoms with van der Waals surface area (Å²) in [6.45, 7) is 2.01. The number of halogens is 1. The van der Waals surface area contributed by atoms with E-state index in [1.165, 1.54) is 6.07 Å². The molecule has 2 rings (SSSR count). The first-order chi connectivity index (χ1) is 7.29. The van der Waals surface area contributed by atoms with Crippen LogP contribution in [0.2, 0.25) is 0 Å². The van der Waals surface area contributed by atoms with Crippen LogP contribution in [-0.4, -0.2) is 20.2 Å². The quantitative estimate of drug-likeness (QED) is 0.807. The summed E-state index contributed by atoms with van der Waals surface area (Å²) >= 11 is 0. The van der Waals surface area contributed by atoms with Gasteiger partial charge in [-0.05, 0) is 43.0 Å². The van der Waals surface area contributed by atoms with Crippen LogP contribution >= 0.6 is 0 Å². The van der Waals surface area contributed by atoms with Gasteiger partial charge >= 0.3 is 0 Å². The Kier molecular flexibility index (Phi) is 3.21. The molecule has 1 aliphatic rings. The third-order valence-electron chi connectivity index (χ3n) is 2.90. The van der Waals surface area contributed by atoms with Crippen LogP contribution in [0, 0.1) is 5.82 Å². The van der Waals surface area contributed by atoms with E-state index in [0.717, 1.165) is 31.5 Å². The molecule has 1 aliphatic heterocycles. The molecule has 0 spiro atoms. The fraction of sp³-hybridized carbons (Fsp3) is 0.500. The number of nitrogens with one attached hydrogen (secondary N) is 1. The first-order valence-corrected chi connectivity index (χ1v) is 5.35. The fourth-order valence-corrected chi connectivity index (χ4v) is 2.07. The van der Waals surface area contributed by atoms with E-state index in [4.69, 9.17) is 4.74 Å². The summed E-state index contributed by atoms with van der Waals surface area (Å²) in [4.78, 5) is 0. The third kappa shape index (κ3) is 2.48. The Balaban J connectivity index is 2.22. The van der Waals surface area contributed by atoms with Crippen LogP contribution in [0.3, 0.4) is 0 Å². The standard InChI is InChI=1S/C12H16FNO/c1-15-12-6-10(5-11(13)7-12)9-3-2-4-14-8-9/h5-7,9,14H,2-4,8H2,1H3/t9-/m1/s1. The summed E-state index contributed by atoms with van der Waals surface area (Å²) in [5, 5.41) is 3.33. The van der Waals surface area contributed by atoms with Crippen molar-refractivity contribution in [1.29, 1.82) is 0 Å². The fourth-order valence-electron chi connectivity index (χ4n) is 2.07. The molecule has 2 nitrogen and oxygen atoms in total. The molecule has 1 fully saturated rings. The van der Waals surface area contributed by atoms with Crippen molar-refractivity contribution in [2.24, 2.45) is 0 Å². The maximum atomic E-state index is 13.3. The zero-order valence-electron chi connectivity index (χ0n) is 8.92. The van der Waals surface area contributed by atoms with Crippen LogP contribution in [0.15, 0.2) is 18.2 Å². The van der Waals surface area contributed by atoms with Crippen LogP contribution < -0.4 is 10.1 Å². The molecule has 0 aliphatic carbocycles. The summed E-state index contributed by atoms with van der Waals surface area (Å²) < 4.78 is 18.3. The summed E-state index contributed by atoms with van der Waals surface area (Å²) in [6.07, 6.45) is 2.28. The second-order valence-corrected chi connectivity index (χ2v) is 3.97. The van der Waals surface area contributed by atoms with Crippen molar-refractivity contribution in [2.75, 3.05) is 20.2 Å². The summed E-state index contributed by atoms with van der Waals surface area (Å²) in [5.41, 5.74) is 1.04. The number of rotatable bonds is 2. The molecule has 0 radical (unpaired) electrons. The van der Waals surface area contributed by atoms with Crippen molar-refractivity contribution in [3.63, 3.8) is 0 Å². The minimum atomic E-state index is -0.213. The number of benzene rings is 1. The highest BCUT2D eigenvalue weighted by Gasteiger charge is 2.16. The van der Waals surface area contributed by atoms with Crippen molar-refractivity contribution in [2.45, 2.75) is 18.8 Å². The zero-order chi connectivity index (χ0) is 10.7. The lowest BCUT2D eigenvalue weighted by Gasteiger charge is -2.23. The van der Waals surface area contributed by atoms with Crippen molar-refractivity contribution in [3.8, 4) is 5.75 Å². The van der Waals surface area contributed by atoms with Gasteiger partial charge in [-0.1, -0.05) is 0 Å². The number of piperidine rings is 1. The highest BCUT2D eigenvalue weighted by Crippen LogP contribution is 2.27. The maximum Gasteiger partial charge on any atom is 0.127 e. The van der Waals surface area contributed by atoms with Crippen LogP contribution in [-0.2, 0) is 0 Å². The molecule has 1 N–H and O–H groups in total. The van der Waals surface area contributed by atoms with Crippen molar-refractivity contribution >= 4 is 0 Å². The van der Waals surface area contributed by atoms with Gasteiger partial charge in [0.1, 0.15) is 11.6 Å². The first kappa shape index (κ1) is 10.4. The van der Waals surface area contributed by atoms with E-state index in [1.54, 1.807) is 13.2 Å². The normalized spacial score (nSPS) is 21.3. The SMILES string of the molecule is COc1cc(F)cc([C@@H]2CCCNC2)c1. The van der Waals surface area contributed by atoms with E-state index in [9.17, 15) is 4.39 Å². The number of hydrogen-bond donors (Lipinski definition) is 1. The van der Waals surface area contributed by atoms with E-state index in [-0.39, 0.29) is 5.82 Å². The molecule has 0 unspecified atom stereocenters. The summed E-state index contributed by atoms with van der Waals surface area (Å²) in [6, 6.07) is 4.96. The summed E-state index contributed by atoms with van der Waals surface area (Å²) in [7, 11) is 1.57. The summed E-state index contributed by atoms with van der Waals surface area (Å²) in [5.74, 6) is 0.814. The van der Waals surface area contributed by atoms with Gasteiger partial charge < -0.3 is 10.1 Å². The van der Waals surface area contributed by atoms with Gasteiger partial charge in [-0.2, -0.15) is 0 Å². The highest BCUT2D eigenvalue weighted by molar-refractivity contribution is 5.32. The minimum absolute atomic E-state index is 0.213. The lowest BCUT2D eigenvalue weighted by molar-refractivity contribution is 0.407. The smallest absolute Gasteiger partial charge is 0.127 e. The van der Waals surface area contributed by atoms with E-state index >= 15 is 0 Å². The Bertz CT molecular complexity index is 334. The molecule has 1 heterocycles. The van der Waals surface area contributed by atoms with Crippen molar-refractivity contribution in [1.82, 2.24) is 5.32 Å². The molecular formula is C12H16FNO. The number of methoxy groups -OCH3 is 1. The zero-order valence-corrected chi connectivity index (χ0v) is 8.92. The van der Waals surface area contributed by atoms with E-state index in [1.807, 2.05) is 6.07 Å². The van der Waals surface area contributed by atoms with Crippen LogP contribution in [0.25, 0.3) is 0 Å². The lowest BCUT2D eigenvalue weighted by Crippen LogP contribution is -2.28. The second-order valence-electron chi connectivity index (χ2n) is 3.97. The van der Waals surface area contributed by atoms with E-state index < -0.39 is 0 Å². The van der Waals surface area contributed by atoms with E-state index in [2.05, 4.69) is 5.32 Å². The molecule has 15 heavy (non-hydrogen) atoms. The Morgan fingerprint density at radius 3 is 2.93 bits per heavy atom. The number of ether oxygens (including phenoxy) is 1. The predicted octanol–water partition coefficient (Wildman–Crippen LogP) is 2.30. The minimum Gasteiger partial charge on any atom is -0.497 e. The van der Waals surface area contributed by atoms with E-state index in [0.29, 0.717) is 11.7 Å². The lowest BCUT2D eigenvalue weighted by atomic mass is 9.91. The molecule has 0 amide bonds. The molecule has 0 bridgehead atoms. The van der Waals surface area contributed by atoms with Gasteiger partial charge in [0, 0.05) is 12.6 Å². The molecule has 0 saturated carbocycles. The average Bonchev–Trinajstić information content (AvgIpc) is 2.29. The van der Waals surface area contributed by atoms with Gasteiger partial charge in [0.15, 0.2) is 0 Å². The predicted molar refractivity (Wildman–Crippen MR) is 57.8 cm³/mol. The van der Waals surface area contributed by atoms with Gasteiger partial charge in [-0.15, -0.1) is 0 Å². The third-order valence-corrected chi connectivity index (χ3v) is 2.90. The second kappa shape index (κ2) is 4.62. The maximum absolute atomic E-state index is 13.3. The number of hydrogen-bond acceptors (Lipinski definition) is 2. The van der Waals surface area contributed by atoms with Crippen LogP contribution in [0.5, 0.6) is 5.75 Å². The van der Waals surface area contributed by atoms with Gasteiger partial charge in [0.05, 0.1) is 7.11 Å². The highest BCUT2D eigenvalue weighted by atomic mass is 19.1. The van der Waals surface area contributed by atoms with Crippen molar-refractivity contribution in [3.05, 3.63) is 29.6 Å². The molecular weight excluding hydrogens is 193 g/mol. The molecule has 3 heteroatoms. The molecule has 1 saturated heterocycles. The Morgan fingerprint density at radius 1 is 1.40 bits per heavy atom. The molecule has 1 aromatic carbocycles. The average molecular weight is 209 g/mol. The Morgan fingerprint density at radius 2 is 2.27 bits per heavy atom. The van der Waals surface area contributed by atoms with Gasteiger partial charge in [0.2, 0.25) is 0 Å². The van der Waals surface area contributed by atoms with Crippen molar-refractivity contribution < 1.29 is 9.13 Å². The van der Waals surface area contributed by atoms with Gasteiger partial charge in [-0.3, -0.25) is 0 Å². The first-order valence-electron chi connectivity index (χ1n) is 5.35. The monoisotopic (exact) mass is 209 g/mol. The Labute approximate surface area is 89.4 Å². The molecule has 1 aromatic rings. The molecule has 0 aromatic heterocycles. The van der Waals surface area contributed by atoms with Crippen LogP contribution in [0.4, 0.5) is 4.39 Å². The van der Waals surface area contributed by atoms with Gasteiger partial charge in [0.25, 0.3) is 0 Å². The molecule has 1 atom stereocenters.